The minimum Gasteiger partial charge on any atom is -0.347 e. The van der Waals surface area contributed by atoms with E-state index < -0.39 is 0 Å². The molecular weight excluding hydrogens is 240 g/mol. The number of nitrogens with zero attached hydrogens (tertiary/aromatic N) is 1. The van der Waals surface area contributed by atoms with Crippen molar-refractivity contribution < 1.29 is 9.47 Å². The number of ether oxygens (including phenoxy) is 2. The largest absolute Gasteiger partial charge is 0.347 e. The summed E-state index contributed by atoms with van der Waals surface area (Å²) < 4.78 is 12.2. The van der Waals surface area contributed by atoms with Gasteiger partial charge in [-0.2, -0.15) is 0 Å². The first kappa shape index (κ1) is 13.8. The lowest BCUT2D eigenvalue weighted by molar-refractivity contribution is -0.163. The van der Waals surface area contributed by atoms with Gasteiger partial charge in [-0.15, -0.1) is 0 Å². The predicted octanol–water partition coefficient (Wildman–Crippen LogP) is 1.87. The fourth-order valence-corrected chi connectivity index (χ4v) is 3.90. The van der Waals surface area contributed by atoms with Gasteiger partial charge in [0.15, 0.2) is 5.79 Å². The summed E-state index contributed by atoms with van der Waals surface area (Å²) in [7, 11) is 2.23. The Morgan fingerprint density at radius 3 is 2.53 bits per heavy atom. The summed E-state index contributed by atoms with van der Waals surface area (Å²) >= 11 is 0. The van der Waals surface area contributed by atoms with E-state index in [1.165, 1.54) is 38.5 Å². The van der Waals surface area contributed by atoms with Gasteiger partial charge in [0.1, 0.15) is 0 Å². The quantitative estimate of drug-likeness (QED) is 0.849. The maximum atomic E-state index is 6.20. The van der Waals surface area contributed by atoms with Gasteiger partial charge in [0.2, 0.25) is 0 Å². The van der Waals surface area contributed by atoms with Crippen LogP contribution < -0.4 is 5.73 Å². The van der Waals surface area contributed by atoms with Crippen LogP contribution in [0.3, 0.4) is 0 Å². The minimum atomic E-state index is -0.208. The molecule has 0 aromatic heterocycles. The first-order valence-corrected chi connectivity index (χ1v) is 7.94. The second-order valence-electron chi connectivity index (χ2n) is 6.68. The van der Waals surface area contributed by atoms with Crippen LogP contribution in [0.25, 0.3) is 0 Å². The molecule has 2 N–H and O–H groups in total. The Labute approximate surface area is 116 Å². The van der Waals surface area contributed by atoms with Crippen molar-refractivity contribution in [1.82, 2.24) is 4.90 Å². The summed E-state index contributed by atoms with van der Waals surface area (Å²) in [4.78, 5) is 2.47. The monoisotopic (exact) mass is 268 g/mol. The Kier molecular flexibility index (Phi) is 4.13. The van der Waals surface area contributed by atoms with Crippen LogP contribution in [0.2, 0.25) is 0 Å². The number of hydrogen-bond acceptors (Lipinski definition) is 4. The molecule has 2 saturated carbocycles. The second kappa shape index (κ2) is 5.68. The van der Waals surface area contributed by atoms with Gasteiger partial charge in [-0.1, -0.05) is 0 Å². The topological polar surface area (TPSA) is 47.7 Å². The predicted molar refractivity (Wildman–Crippen MR) is 74.9 cm³/mol. The van der Waals surface area contributed by atoms with Crippen molar-refractivity contribution in [3.8, 4) is 0 Å². The number of hydrogen-bond donors (Lipinski definition) is 1. The lowest BCUT2D eigenvalue weighted by atomic mass is 9.91. The van der Waals surface area contributed by atoms with Crippen LogP contribution in [-0.2, 0) is 9.47 Å². The van der Waals surface area contributed by atoms with E-state index in [1.54, 1.807) is 0 Å². The lowest BCUT2D eigenvalue weighted by Gasteiger charge is -2.34. The van der Waals surface area contributed by atoms with Crippen LogP contribution in [0.5, 0.6) is 0 Å². The van der Waals surface area contributed by atoms with Crippen molar-refractivity contribution in [3.05, 3.63) is 0 Å². The van der Waals surface area contributed by atoms with E-state index >= 15 is 0 Å². The molecular formula is C15H28N2O2. The molecule has 19 heavy (non-hydrogen) atoms. The molecule has 0 aromatic carbocycles. The molecule has 4 heteroatoms. The smallest absolute Gasteiger partial charge is 0.168 e. The molecule has 3 fully saturated rings. The highest BCUT2D eigenvalue weighted by Gasteiger charge is 2.44. The van der Waals surface area contributed by atoms with Crippen LogP contribution in [-0.4, -0.2) is 49.1 Å². The van der Waals surface area contributed by atoms with Crippen molar-refractivity contribution >= 4 is 0 Å². The molecule has 1 aliphatic heterocycles. The maximum Gasteiger partial charge on any atom is 0.168 e. The summed E-state index contributed by atoms with van der Waals surface area (Å²) in [6.45, 7) is 1.78. The highest BCUT2D eigenvalue weighted by atomic mass is 16.7. The summed E-state index contributed by atoms with van der Waals surface area (Å²) in [6.07, 6.45) is 9.75. The highest BCUT2D eigenvalue weighted by Crippen LogP contribution is 2.39. The van der Waals surface area contributed by atoms with Crippen molar-refractivity contribution in [2.75, 3.05) is 20.2 Å². The zero-order chi connectivity index (χ0) is 13.3. The first-order valence-electron chi connectivity index (χ1n) is 7.94. The van der Waals surface area contributed by atoms with Crippen molar-refractivity contribution in [2.24, 2.45) is 5.73 Å². The van der Waals surface area contributed by atoms with E-state index in [-0.39, 0.29) is 11.9 Å². The summed E-state index contributed by atoms with van der Waals surface area (Å²) in [5.74, 6) is -0.208. The van der Waals surface area contributed by atoms with Crippen LogP contribution >= 0.6 is 0 Å². The molecule has 0 bridgehead atoms. The van der Waals surface area contributed by atoms with Gasteiger partial charge in [0.25, 0.3) is 0 Å². The lowest BCUT2D eigenvalue weighted by Crippen LogP contribution is -2.42. The number of likely N-dealkylation sites (N-methyl/N-ethyl adjacent to an activating group) is 1. The summed E-state index contributed by atoms with van der Waals surface area (Å²) in [5.41, 5.74) is 5.98. The Hall–Kier alpha value is -0.160. The highest BCUT2D eigenvalue weighted by molar-refractivity contribution is 4.86. The van der Waals surface area contributed by atoms with E-state index in [0.29, 0.717) is 12.1 Å². The molecule has 1 heterocycles. The van der Waals surface area contributed by atoms with E-state index in [0.717, 1.165) is 26.0 Å². The van der Waals surface area contributed by atoms with E-state index in [2.05, 4.69) is 11.9 Å². The molecule has 2 aliphatic carbocycles. The van der Waals surface area contributed by atoms with Gasteiger partial charge >= 0.3 is 0 Å². The maximum absolute atomic E-state index is 6.20. The molecule has 110 valence electrons. The Bertz CT molecular complexity index is 297. The standard InChI is InChI=1S/C15H28N2O2/c1-17(13-6-4-12(16)5-7-13)10-14-11-18-15(19-14)8-2-3-9-15/h12-14H,2-11,16H2,1H3. The SMILES string of the molecule is CN(CC1COC2(CCCC2)O1)C1CCC(N)CC1. The zero-order valence-corrected chi connectivity index (χ0v) is 12.1. The van der Waals surface area contributed by atoms with E-state index in [1.807, 2.05) is 0 Å². The molecule has 4 nitrogen and oxygen atoms in total. The van der Waals surface area contributed by atoms with Gasteiger partial charge in [-0.05, 0) is 45.6 Å². The van der Waals surface area contributed by atoms with Crippen LogP contribution in [0.15, 0.2) is 0 Å². The van der Waals surface area contributed by atoms with Gasteiger partial charge < -0.3 is 20.1 Å². The zero-order valence-electron chi connectivity index (χ0n) is 12.1. The molecule has 0 amide bonds. The summed E-state index contributed by atoms with van der Waals surface area (Å²) in [6, 6.07) is 1.11. The van der Waals surface area contributed by atoms with E-state index in [4.69, 9.17) is 15.2 Å². The van der Waals surface area contributed by atoms with E-state index in [9.17, 15) is 0 Å². The molecule has 1 spiro atoms. The Morgan fingerprint density at radius 1 is 1.16 bits per heavy atom. The molecule has 3 aliphatic rings. The normalized spacial score (nSPS) is 38.4. The van der Waals surface area contributed by atoms with Gasteiger partial charge in [0.05, 0.1) is 12.7 Å². The molecule has 0 aromatic rings. The molecule has 1 atom stereocenters. The average Bonchev–Trinajstić information content (AvgIpc) is 3.01. The van der Waals surface area contributed by atoms with Gasteiger partial charge in [-0.25, -0.2) is 0 Å². The van der Waals surface area contributed by atoms with Crippen LogP contribution in [0.4, 0.5) is 0 Å². The van der Waals surface area contributed by atoms with Gasteiger partial charge in [-0.3, -0.25) is 0 Å². The first-order chi connectivity index (χ1) is 9.17. The molecule has 0 radical (unpaired) electrons. The minimum absolute atomic E-state index is 0.208. The molecule has 1 saturated heterocycles. The third-order valence-electron chi connectivity index (χ3n) is 5.14. The fraction of sp³-hybridized carbons (Fsp3) is 1.00. The van der Waals surface area contributed by atoms with Crippen molar-refractivity contribution in [1.29, 1.82) is 0 Å². The number of nitrogens with two attached hydrogens (primary N) is 1. The Balaban J connectivity index is 1.46. The molecule has 3 rings (SSSR count). The third kappa shape index (κ3) is 3.13. The average molecular weight is 268 g/mol. The van der Waals surface area contributed by atoms with Crippen molar-refractivity contribution in [3.63, 3.8) is 0 Å². The second-order valence-corrected chi connectivity index (χ2v) is 6.68. The third-order valence-corrected chi connectivity index (χ3v) is 5.14. The van der Waals surface area contributed by atoms with Crippen LogP contribution in [0.1, 0.15) is 51.4 Å². The fourth-order valence-electron chi connectivity index (χ4n) is 3.90. The summed E-state index contributed by atoms with van der Waals surface area (Å²) in [5, 5.41) is 0. The molecule has 1 unspecified atom stereocenters. The van der Waals surface area contributed by atoms with Crippen molar-refractivity contribution in [2.45, 2.75) is 75.3 Å². The van der Waals surface area contributed by atoms with Gasteiger partial charge in [0, 0.05) is 31.5 Å². The van der Waals surface area contributed by atoms with Crippen LogP contribution in [0, 0.1) is 0 Å². The Morgan fingerprint density at radius 2 is 1.84 bits per heavy atom. The number of rotatable bonds is 3.